The maximum absolute atomic E-state index is 12.7. The van der Waals surface area contributed by atoms with Gasteiger partial charge in [-0.3, -0.25) is 9.59 Å². The number of unbranched alkanes of at least 4 members (excludes halogenated alkanes) is 20. The maximum Gasteiger partial charge on any atom is 0.306 e. The molecule has 0 aromatic rings. The van der Waals surface area contributed by atoms with Crippen LogP contribution in [0.1, 0.15) is 189 Å². The minimum atomic E-state index is -2.01. The minimum absolute atomic E-state index is 0.0583. The van der Waals surface area contributed by atoms with Crippen molar-refractivity contribution in [3.05, 3.63) is 0 Å². The molecule has 0 saturated carbocycles. The van der Waals surface area contributed by atoms with Gasteiger partial charge in [0.2, 0.25) is 0 Å². The van der Waals surface area contributed by atoms with Gasteiger partial charge in [-0.2, -0.15) is 0 Å². The molecule has 0 aliphatic heterocycles. The number of carbonyl (C=O) groups excluding carboxylic acids is 2. The van der Waals surface area contributed by atoms with E-state index in [1.807, 2.05) is 0 Å². The van der Waals surface area contributed by atoms with Crippen LogP contribution in [0.3, 0.4) is 0 Å². The molecule has 0 fully saturated rings. The molecular weight excluding hydrogens is 552 g/mol. The molecular formula is C37H74O5Si. The Labute approximate surface area is 269 Å². The second-order valence-corrected chi connectivity index (χ2v) is 19.2. The molecule has 0 aromatic heterocycles. The molecule has 5 nitrogen and oxygen atoms in total. The summed E-state index contributed by atoms with van der Waals surface area (Å²) < 4.78 is 17.7. The molecule has 0 rings (SSSR count). The molecule has 1 unspecified atom stereocenters. The number of carbonyl (C=O) groups is 2. The first kappa shape index (κ1) is 42.1. The van der Waals surface area contributed by atoms with E-state index in [-0.39, 0.29) is 30.2 Å². The highest BCUT2D eigenvalue weighted by Gasteiger charge is 2.38. The zero-order chi connectivity index (χ0) is 32.2. The van der Waals surface area contributed by atoms with Gasteiger partial charge >= 0.3 is 11.9 Å². The fraction of sp³-hybridized carbons (Fsp3) is 0.946. The van der Waals surface area contributed by atoms with Crippen LogP contribution >= 0.6 is 0 Å². The Hall–Kier alpha value is -0.883. The van der Waals surface area contributed by atoms with Crippen molar-refractivity contribution in [2.45, 2.75) is 213 Å². The van der Waals surface area contributed by atoms with Crippen molar-refractivity contribution in [3.8, 4) is 0 Å². The van der Waals surface area contributed by atoms with Crippen LogP contribution < -0.4 is 0 Å². The van der Waals surface area contributed by atoms with Gasteiger partial charge in [0.25, 0.3) is 0 Å². The lowest BCUT2D eigenvalue weighted by Crippen LogP contribution is -2.44. The average Bonchev–Trinajstić information content (AvgIpc) is 2.95. The monoisotopic (exact) mass is 627 g/mol. The van der Waals surface area contributed by atoms with Crippen LogP contribution in [-0.2, 0) is 23.5 Å². The first-order valence-electron chi connectivity index (χ1n) is 18.5. The Bertz CT molecular complexity index is 658. The van der Waals surface area contributed by atoms with Gasteiger partial charge in [0.15, 0.2) is 14.4 Å². The van der Waals surface area contributed by atoms with Gasteiger partial charge in [-0.25, -0.2) is 0 Å². The van der Waals surface area contributed by atoms with E-state index in [0.29, 0.717) is 12.8 Å². The molecule has 43 heavy (non-hydrogen) atoms. The van der Waals surface area contributed by atoms with Gasteiger partial charge in [-0.15, -0.1) is 0 Å². The summed E-state index contributed by atoms with van der Waals surface area (Å²) in [6, 6.07) is 0. The molecule has 0 aliphatic carbocycles. The van der Waals surface area contributed by atoms with Crippen LogP contribution in [0.15, 0.2) is 0 Å². The zero-order valence-electron chi connectivity index (χ0n) is 30.0. The van der Waals surface area contributed by atoms with Crippen LogP contribution in [0.25, 0.3) is 0 Å². The van der Waals surface area contributed by atoms with Crippen molar-refractivity contribution in [1.29, 1.82) is 0 Å². The Balaban J connectivity index is 4.30. The van der Waals surface area contributed by atoms with Crippen LogP contribution in [0.4, 0.5) is 0 Å². The summed E-state index contributed by atoms with van der Waals surface area (Å²) in [5.74, 6) is -0.407. The summed E-state index contributed by atoms with van der Waals surface area (Å²) in [7, 11) is -2.01. The first-order chi connectivity index (χ1) is 20.5. The van der Waals surface area contributed by atoms with Crippen LogP contribution in [0.2, 0.25) is 18.1 Å². The Morgan fingerprint density at radius 2 is 0.884 bits per heavy atom. The highest BCUT2D eigenvalue weighted by Crippen LogP contribution is 2.36. The molecule has 6 heteroatoms. The second kappa shape index (κ2) is 27.4. The predicted molar refractivity (Wildman–Crippen MR) is 186 cm³/mol. The van der Waals surface area contributed by atoms with E-state index < -0.39 is 14.4 Å². The molecule has 0 spiro atoms. The molecule has 0 saturated heterocycles. The summed E-state index contributed by atoms with van der Waals surface area (Å²) in [4.78, 5) is 25.1. The average molecular weight is 627 g/mol. The fourth-order valence-corrected chi connectivity index (χ4v) is 6.04. The van der Waals surface area contributed by atoms with Crippen molar-refractivity contribution in [1.82, 2.24) is 0 Å². The second-order valence-electron chi connectivity index (χ2n) is 14.4. The lowest BCUT2D eigenvalue weighted by Gasteiger charge is -2.37. The van der Waals surface area contributed by atoms with Gasteiger partial charge in [0.05, 0.1) is 6.61 Å². The lowest BCUT2D eigenvalue weighted by atomic mass is 10.1. The van der Waals surface area contributed by atoms with E-state index in [0.717, 1.165) is 25.7 Å². The first-order valence-corrected chi connectivity index (χ1v) is 21.4. The van der Waals surface area contributed by atoms with Gasteiger partial charge in [-0.1, -0.05) is 163 Å². The number of esters is 2. The predicted octanol–water partition coefficient (Wildman–Crippen LogP) is 11.9. The normalized spacial score (nSPS) is 12.8. The quantitative estimate of drug-likeness (QED) is 0.0451. The SMILES string of the molecule is CCCCCCCCCCCCCC(=O)OCC(CO[Si](C)(C)C(C)(C)C)OC(=O)CCCCCCCCCCCCC. The third kappa shape index (κ3) is 26.1. The standard InChI is InChI=1S/C37H74O5Si/c1-8-10-12-14-16-18-20-22-24-26-28-30-35(38)40-32-34(33-41-43(6,7)37(3,4)5)42-36(39)31-29-27-25-23-21-19-17-15-13-11-9-2/h34H,8-33H2,1-7H3. The largest absolute Gasteiger partial charge is 0.462 e. The number of hydrogen-bond acceptors (Lipinski definition) is 5. The van der Waals surface area contributed by atoms with E-state index >= 15 is 0 Å². The van der Waals surface area contributed by atoms with Crippen molar-refractivity contribution < 1.29 is 23.5 Å². The van der Waals surface area contributed by atoms with Gasteiger partial charge in [0, 0.05) is 12.8 Å². The van der Waals surface area contributed by atoms with E-state index in [1.54, 1.807) is 0 Å². The Kier molecular flexibility index (Phi) is 26.9. The molecule has 256 valence electrons. The van der Waals surface area contributed by atoms with Crippen molar-refractivity contribution >= 4 is 20.3 Å². The molecule has 1 atom stereocenters. The van der Waals surface area contributed by atoms with E-state index in [9.17, 15) is 9.59 Å². The highest BCUT2D eigenvalue weighted by molar-refractivity contribution is 6.74. The summed E-state index contributed by atoms with van der Waals surface area (Å²) >= 11 is 0. The summed E-state index contributed by atoms with van der Waals surface area (Å²) in [6.45, 7) is 15.8. The van der Waals surface area contributed by atoms with Crippen LogP contribution in [0, 0.1) is 0 Å². The minimum Gasteiger partial charge on any atom is -0.462 e. The topological polar surface area (TPSA) is 61.8 Å². The number of hydrogen-bond donors (Lipinski definition) is 0. The van der Waals surface area contributed by atoms with Gasteiger partial charge < -0.3 is 13.9 Å². The van der Waals surface area contributed by atoms with E-state index in [1.165, 1.54) is 116 Å². The molecule has 0 aromatic carbocycles. The van der Waals surface area contributed by atoms with E-state index in [4.69, 9.17) is 13.9 Å². The molecule has 0 radical (unpaired) electrons. The van der Waals surface area contributed by atoms with Crippen molar-refractivity contribution in [2.24, 2.45) is 0 Å². The summed E-state index contributed by atoms with van der Waals surface area (Å²) in [5.41, 5.74) is 0. The highest BCUT2D eigenvalue weighted by atomic mass is 28.4. The summed E-state index contributed by atoms with van der Waals surface area (Å²) in [6.07, 6.45) is 27.8. The van der Waals surface area contributed by atoms with Gasteiger partial charge in [0.1, 0.15) is 6.61 Å². The number of rotatable bonds is 30. The number of ether oxygens (including phenoxy) is 2. The molecule has 0 amide bonds. The smallest absolute Gasteiger partial charge is 0.306 e. The summed E-state index contributed by atoms with van der Waals surface area (Å²) in [5, 5.41) is 0.0583. The molecule has 0 bridgehead atoms. The zero-order valence-corrected chi connectivity index (χ0v) is 31.0. The fourth-order valence-electron chi connectivity index (χ4n) is 5.00. The lowest BCUT2D eigenvalue weighted by molar-refractivity contribution is -0.161. The molecule has 0 heterocycles. The molecule has 0 N–H and O–H groups in total. The maximum atomic E-state index is 12.7. The third-order valence-corrected chi connectivity index (χ3v) is 13.6. The third-order valence-electron chi connectivity index (χ3n) is 9.13. The van der Waals surface area contributed by atoms with E-state index in [2.05, 4.69) is 47.7 Å². The van der Waals surface area contributed by atoms with Crippen molar-refractivity contribution in [3.63, 3.8) is 0 Å². The van der Waals surface area contributed by atoms with Crippen LogP contribution in [0.5, 0.6) is 0 Å². The van der Waals surface area contributed by atoms with Crippen molar-refractivity contribution in [2.75, 3.05) is 13.2 Å². The Morgan fingerprint density at radius 1 is 0.535 bits per heavy atom. The van der Waals surface area contributed by atoms with Gasteiger partial charge in [-0.05, 0) is 31.0 Å². The molecule has 0 aliphatic rings. The van der Waals surface area contributed by atoms with Crippen LogP contribution in [-0.4, -0.2) is 39.6 Å². The Morgan fingerprint density at radius 3 is 1.26 bits per heavy atom.